The van der Waals surface area contributed by atoms with Gasteiger partial charge in [-0.3, -0.25) is 4.79 Å². The lowest BCUT2D eigenvalue weighted by atomic mass is 10.1. The van der Waals surface area contributed by atoms with E-state index in [1.165, 1.54) is 19.2 Å². The van der Waals surface area contributed by atoms with Crippen LogP contribution in [0.1, 0.15) is 11.6 Å². The van der Waals surface area contributed by atoms with E-state index in [-0.39, 0.29) is 5.56 Å². The van der Waals surface area contributed by atoms with Gasteiger partial charge in [0.1, 0.15) is 11.9 Å². The van der Waals surface area contributed by atoms with E-state index in [4.69, 9.17) is 5.73 Å². The number of hydrogen-bond donors (Lipinski definition) is 1. The molecule has 3 nitrogen and oxygen atoms in total. The van der Waals surface area contributed by atoms with Crippen molar-refractivity contribution in [3.05, 3.63) is 34.1 Å². The molecule has 14 heavy (non-hydrogen) atoms. The van der Waals surface area contributed by atoms with E-state index in [1.54, 1.807) is 6.07 Å². The number of halogens is 2. The summed E-state index contributed by atoms with van der Waals surface area (Å²) >= 11 is 3.10. The van der Waals surface area contributed by atoms with Gasteiger partial charge in [-0.25, -0.2) is 4.39 Å². The zero-order chi connectivity index (χ0) is 10.7. The van der Waals surface area contributed by atoms with Gasteiger partial charge in [-0.15, -0.1) is 0 Å². The number of esters is 1. The van der Waals surface area contributed by atoms with Gasteiger partial charge in [-0.05, 0) is 12.1 Å². The summed E-state index contributed by atoms with van der Waals surface area (Å²) in [6, 6.07) is 3.23. The van der Waals surface area contributed by atoms with E-state index >= 15 is 0 Å². The van der Waals surface area contributed by atoms with Gasteiger partial charge < -0.3 is 10.5 Å². The van der Waals surface area contributed by atoms with E-state index in [0.29, 0.717) is 4.47 Å². The molecule has 0 saturated carbocycles. The van der Waals surface area contributed by atoms with Crippen LogP contribution >= 0.6 is 15.9 Å². The first kappa shape index (κ1) is 11.1. The van der Waals surface area contributed by atoms with Crippen LogP contribution in [0.25, 0.3) is 0 Å². The first-order valence-corrected chi connectivity index (χ1v) is 4.64. The van der Waals surface area contributed by atoms with Crippen molar-refractivity contribution in [2.75, 3.05) is 7.11 Å². The third-order valence-corrected chi connectivity index (χ3v) is 2.25. The quantitative estimate of drug-likeness (QED) is 0.826. The molecule has 0 amide bonds. The smallest absolute Gasteiger partial charge is 0.327 e. The molecule has 1 atom stereocenters. The molecule has 0 spiro atoms. The lowest BCUT2D eigenvalue weighted by Gasteiger charge is -2.10. The molecular formula is C9H9BrFNO2. The molecule has 0 fully saturated rings. The van der Waals surface area contributed by atoms with Crippen LogP contribution in [0.2, 0.25) is 0 Å². The molecule has 0 radical (unpaired) electrons. The van der Waals surface area contributed by atoms with Crippen LogP contribution in [0.4, 0.5) is 4.39 Å². The second-order valence-electron chi connectivity index (χ2n) is 2.67. The molecular weight excluding hydrogens is 253 g/mol. The van der Waals surface area contributed by atoms with E-state index in [2.05, 4.69) is 20.7 Å². The normalized spacial score (nSPS) is 12.3. The Balaban J connectivity index is 3.01. The van der Waals surface area contributed by atoms with Gasteiger partial charge in [0.2, 0.25) is 0 Å². The number of benzene rings is 1. The Hall–Kier alpha value is -0.940. The van der Waals surface area contributed by atoms with Gasteiger partial charge in [0.05, 0.1) is 7.11 Å². The van der Waals surface area contributed by atoms with Crippen LogP contribution in [-0.2, 0) is 9.53 Å². The third kappa shape index (κ3) is 2.30. The average molecular weight is 262 g/mol. The summed E-state index contributed by atoms with van der Waals surface area (Å²) in [6.45, 7) is 0. The van der Waals surface area contributed by atoms with Gasteiger partial charge >= 0.3 is 5.97 Å². The van der Waals surface area contributed by atoms with Crippen molar-refractivity contribution in [3.8, 4) is 0 Å². The Morgan fingerprint density at radius 2 is 2.29 bits per heavy atom. The zero-order valence-electron chi connectivity index (χ0n) is 7.46. The van der Waals surface area contributed by atoms with E-state index < -0.39 is 17.8 Å². The maximum atomic E-state index is 13.3. The summed E-state index contributed by atoms with van der Waals surface area (Å²) in [7, 11) is 1.21. The highest BCUT2D eigenvalue weighted by Gasteiger charge is 2.19. The van der Waals surface area contributed by atoms with Crippen molar-refractivity contribution in [2.24, 2.45) is 5.73 Å². The highest BCUT2D eigenvalue weighted by atomic mass is 79.9. The second kappa shape index (κ2) is 4.52. The van der Waals surface area contributed by atoms with Gasteiger partial charge in [-0.2, -0.15) is 0 Å². The fraction of sp³-hybridized carbons (Fsp3) is 0.222. The van der Waals surface area contributed by atoms with Crippen molar-refractivity contribution >= 4 is 21.9 Å². The standard InChI is InChI=1S/C9H9BrFNO2/c1-14-9(13)8(12)6-3-2-5(10)4-7(6)11/h2-4,8H,12H2,1H3/t8-/m0/s1. The van der Waals surface area contributed by atoms with Crippen LogP contribution < -0.4 is 5.73 Å². The van der Waals surface area contributed by atoms with Gasteiger partial charge in [0.25, 0.3) is 0 Å². The van der Waals surface area contributed by atoms with Crippen LogP contribution in [0.3, 0.4) is 0 Å². The van der Waals surface area contributed by atoms with Gasteiger partial charge in [-0.1, -0.05) is 22.0 Å². The van der Waals surface area contributed by atoms with Crippen LogP contribution in [0, 0.1) is 5.82 Å². The summed E-state index contributed by atoms with van der Waals surface area (Å²) in [5, 5.41) is 0. The zero-order valence-corrected chi connectivity index (χ0v) is 9.05. The molecule has 0 aliphatic heterocycles. The van der Waals surface area contributed by atoms with Crippen molar-refractivity contribution < 1.29 is 13.9 Å². The fourth-order valence-corrected chi connectivity index (χ4v) is 1.34. The minimum Gasteiger partial charge on any atom is -0.468 e. The molecule has 1 aromatic rings. The van der Waals surface area contributed by atoms with E-state index in [0.717, 1.165) is 0 Å². The molecule has 76 valence electrons. The number of carbonyl (C=O) groups is 1. The highest BCUT2D eigenvalue weighted by molar-refractivity contribution is 9.10. The minimum absolute atomic E-state index is 0.125. The molecule has 0 aliphatic carbocycles. The number of hydrogen-bond acceptors (Lipinski definition) is 3. The summed E-state index contributed by atoms with van der Waals surface area (Å²) in [6.07, 6.45) is 0. The van der Waals surface area contributed by atoms with Crippen molar-refractivity contribution in [1.29, 1.82) is 0 Å². The van der Waals surface area contributed by atoms with Crippen LogP contribution in [0.15, 0.2) is 22.7 Å². The van der Waals surface area contributed by atoms with Crippen molar-refractivity contribution in [1.82, 2.24) is 0 Å². The maximum absolute atomic E-state index is 13.3. The monoisotopic (exact) mass is 261 g/mol. The Bertz CT molecular complexity index is 357. The second-order valence-corrected chi connectivity index (χ2v) is 3.58. The maximum Gasteiger partial charge on any atom is 0.327 e. The number of carbonyl (C=O) groups excluding carboxylic acids is 1. The van der Waals surface area contributed by atoms with Crippen LogP contribution in [0.5, 0.6) is 0 Å². The van der Waals surface area contributed by atoms with Crippen molar-refractivity contribution in [3.63, 3.8) is 0 Å². The summed E-state index contributed by atoms with van der Waals surface area (Å²) < 4.78 is 18.3. The predicted molar refractivity (Wildman–Crippen MR) is 53.0 cm³/mol. The third-order valence-electron chi connectivity index (χ3n) is 1.75. The predicted octanol–water partition coefficient (Wildman–Crippen LogP) is 1.76. The minimum atomic E-state index is -1.08. The summed E-state index contributed by atoms with van der Waals surface area (Å²) in [5.41, 5.74) is 5.60. The Morgan fingerprint density at radius 1 is 1.64 bits per heavy atom. The number of methoxy groups -OCH3 is 1. The SMILES string of the molecule is COC(=O)[C@@H](N)c1ccc(Br)cc1F. The van der Waals surface area contributed by atoms with Crippen molar-refractivity contribution in [2.45, 2.75) is 6.04 Å². The molecule has 0 aliphatic rings. The summed E-state index contributed by atoms with van der Waals surface area (Å²) in [5.74, 6) is -1.19. The largest absolute Gasteiger partial charge is 0.468 e. The highest BCUT2D eigenvalue weighted by Crippen LogP contribution is 2.20. The van der Waals surface area contributed by atoms with Crippen LogP contribution in [-0.4, -0.2) is 13.1 Å². The molecule has 0 saturated heterocycles. The molecule has 1 rings (SSSR count). The van der Waals surface area contributed by atoms with E-state index in [1.807, 2.05) is 0 Å². The van der Waals surface area contributed by atoms with E-state index in [9.17, 15) is 9.18 Å². The average Bonchev–Trinajstić information content (AvgIpc) is 2.15. The lowest BCUT2D eigenvalue weighted by Crippen LogP contribution is -2.23. The molecule has 0 aromatic heterocycles. The first-order chi connectivity index (χ1) is 6.56. The fourth-order valence-electron chi connectivity index (χ4n) is 1.01. The molecule has 1 aromatic carbocycles. The first-order valence-electron chi connectivity index (χ1n) is 3.84. The van der Waals surface area contributed by atoms with Gasteiger partial charge in [0.15, 0.2) is 0 Å². The number of rotatable bonds is 2. The molecule has 2 N–H and O–H groups in total. The Kier molecular flexibility index (Phi) is 3.60. The lowest BCUT2D eigenvalue weighted by molar-refractivity contribution is -0.142. The number of nitrogens with two attached hydrogens (primary N) is 1. The molecule has 0 unspecified atom stereocenters. The molecule has 0 bridgehead atoms. The molecule has 5 heteroatoms. The van der Waals surface area contributed by atoms with Gasteiger partial charge in [0, 0.05) is 10.0 Å². The summed E-state index contributed by atoms with van der Waals surface area (Å²) in [4.78, 5) is 11.0. The topological polar surface area (TPSA) is 52.3 Å². The Morgan fingerprint density at radius 3 is 2.79 bits per heavy atom. The molecule has 0 heterocycles. The Labute approximate surface area is 89.2 Å². The number of ether oxygens (including phenoxy) is 1.